The van der Waals surface area contributed by atoms with Crippen molar-refractivity contribution in [2.45, 2.75) is 50.0 Å². The van der Waals surface area contributed by atoms with E-state index in [1.807, 2.05) is 0 Å². The van der Waals surface area contributed by atoms with E-state index in [-0.39, 0.29) is 12.2 Å². The van der Waals surface area contributed by atoms with Gasteiger partial charge in [-0.3, -0.25) is 9.69 Å². The van der Waals surface area contributed by atoms with Gasteiger partial charge in [-0.2, -0.15) is 0 Å². The fraction of sp³-hybridized carbons (Fsp3) is 0.929. The third-order valence-corrected chi connectivity index (χ3v) is 5.00. The largest absolute Gasteiger partial charge is 0.480 e. The molecule has 8 heteroatoms. The first kappa shape index (κ1) is 17.7. The zero-order chi connectivity index (χ0) is 16.2. The molecule has 0 saturated carbocycles. The van der Waals surface area contributed by atoms with E-state index in [4.69, 9.17) is 15.8 Å². The molecule has 0 unspecified atom stereocenters. The number of nitrogens with zero attached hydrogens (tertiary/aromatic N) is 1. The Labute approximate surface area is 132 Å². The molecule has 3 atom stereocenters. The van der Waals surface area contributed by atoms with Crippen molar-refractivity contribution in [3.05, 3.63) is 0 Å². The van der Waals surface area contributed by atoms with Crippen LogP contribution in [-0.4, -0.2) is 70.9 Å². The second kappa shape index (κ2) is 7.74. The molecule has 2 aliphatic heterocycles. The van der Waals surface area contributed by atoms with Crippen molar-refractivity contribution in [3.63, 3.8) is 0 Å². The summed E-state index contributed by atoms with van der Waals surface area (Å²) in [6.07, 6.45) is 4.99. The van der Waals surface area contributed by atoms with Crippen molar-refractivity contribution in [3.8, 4) is 0 Å². The molecular weight excluding hydrogens is 285 g/mol. The van der Waals surface area contributed by atoms with Crippen molar-refractivity contribution in [1.29, 1.82) is 0 Å². The summed E-state index contributed by atoms with van der Waals surface area (Å²) in [5.41, 5.74) is 4.94. The predicted molar refractivity (Wildman–Crippen MR) is 84.4 cm³/mol. The standard InChI is InChI=1S/C14H28BN3O4/c16-14(13(19)20)10-18(9-12-5-1-2-7-17-12)8-11(14)4-3-6-15(21)22/h11-12,17,21-22H,1-10,16H2,(H,19,20)/t11-,12-,14-/m0/s1. The number of hydrogen-bond donors (Lipinski definition) is 5. The molecule has 2 aliphatic rings. The summed E-state index contributed by atoms with van der Waals surface area (Å²) >= 11 is 0. The highest BCUT2D eigenvalue weighted by Gasteiger charge is 2.49. The number of aliphatic carboxylic acids is 1. The molecule has 2 heterocycles. The van der Waals surface area contributed by atoms with Crippen LogP contribution in [0.1, 0.15) is 32.1 Å². The summed E-state index contributed by atoms with van der Waals surface area (Å²) in [6, 6.07) is 0.421. The van der Waals surface area contributed by atoms with Crippen LogP contribution in [0.3, 0.4) is 0 Å². The third-order valence-electron chi connectivity index (χ3n) is 5.00. The topological polar surface area (TPSA) is 119 Å². The Morgan fingerprint density at radius 1 is 1.41 bits per heavy atom. The number of carbonyl (C=O) groups is 1. The minimum absolute atomic E-state index is 0.146. The van der Waals surface area contributed by atoms with Gasteiger partial charge < -0.3 is 26.2 Å². The Morgan fingerprint density at radius 2 is 2.18 bits per heavy atom. The van der Waals surface area contributed by atoms with Crippen LogP contribution in [0.2, 0.25) is 6.32 Å². The van der Waals surface area contributed by atoms with Gasteiger partial charge in [-0.25, -0.2) is 0 Å². The highest BCUT2D eigenvalue weighted by Crippen LogP contribution is 2.31. The molecule has 22 heavy (non-hydrogen) atoms. The predicted octanol–water partition coefficient (Wildman–Crippen LogP) is -0.905. The van der Waals surface area contributed by atoms with Gasteiger partial charge in [-0.15, -0.1) is 0 Å². The number of nitrogens with one attached hydrogen (secondary N) is 1. The Morgan fingerprint density at radius 3 is 2.77 bits per heavy atom. The van der Waals surface area contributed by atoms with Gasteiger partial charge in [0.15, 0.2) is 0 Å². The molecule has 0 spiro atoms. The lowest BCUT2D eigenvalue weighted by Crippen LogP contribution is -2.55. The molecule has 0 aromatic carbocycles. The lowest BCUT2D eigenvalue weighted by molar-refractivity contribution is -0.144. The van der Waals surface area contributed by atoms with Crippen molar-refractivity contribution >= 4 is 13.1 Å². The number of rotatable bonds is 7. The first-order chi connectivity index (χ1) is 10.4. The van der Waals surface area contributed by atoms with Gasteiger partial charge >= 0.3 is 13.1 Å². The summed E-state index contributed by atoms with van der Waals surface area (Å²) < 4.78 is 0. The molecule has 2 saturated heterocycles. The Balaban J connectivity index is 1.90. The number of piperidine rings is 1. The van der Waals surface area contributed by atoms with E-state index in [2.05, 4.69) is 10.2 Å². The molecule has 0 aromatic heterocycles. The summed E-state index contributed by atoms with van der Waals surface area (Å²) in [7, 11) is -1.33. The van der Waals surface area contributed by atoms with Crippen LogP contribution < -0.4 is 11.1 Å². The van der Waals surface area contributed by atoms with Gasteiger partial charge in [0.05, 0.1) is 0 Å². The number of likely N-dealkylation sites (tertiary alicyclic amines) is 1. The maximum absolute atomic E-state index is 11.6. The smallest absolute Gasteiger partial charge is 0.451 e. The maximum Gasteiger partial charge on any atom is 0.451 e. The number of nitrogens with two attached hydrogens (primary N) is 1. The van der Waals surface area contributed by atoms with Crippen LogP contribution in [0, 0.1) is 5.92 Å². The average molecular weight is 313 g/mol. The van der Waals surface area contributed by atoms with E-state index in [0.29, 0.717) is 32.0 Å². The first-order valence-electron chi connectivity index (χ1n) is 8.26. The average Bonchev–Trinajstić information content (AvgIpc) is 2.77. The van der Waals surface area contributed by atoms with Gasteiger partial charge in [0.25, 0.3) is 0 Å². The quantitative estimate of drug-likeness (QED) is 0.386. The SMILES string of the molecule is N[C@@]1(C(=O)O)CN(C[C@@H]2CCCCN2)C[C@@H]1CCCB(O)O. The monoisotopic (exact) mass is 313 g/mol. The van der Waals surface area contributed by atoms with E-state index < -0.39 is 18.6 Å². The second-order valence-electron chi connectivity index (χ2n) is 6.79. The van der Waals surface area contributed by atoms with E-state index in [1.165, 1.54) is 12.8 Å². The van der Waals surface area contributed by atoms with Gasteiger partial charge in [0, 0.05) is 31.6 Å². The summed E-state index contributed by atoms with van der Waals surface area (Å²) in [5, 5.41) is 30.8. The second-order valence-corrected chi connectivity index (χ2v) is 6.79. The number of carboxylic acids is 1. The molecule has 0 radical (unpaired) electrons. The van der Waals surface area contributed by atoms with Crippen molar-refractivity contribution in [1.82, 2.24) is 10.2 Å². The molecule has 2 fully saturated rings. The van der Waals surface area contributed by atoms with Crippen LogP contribution in [0.15, 0.2) is 0 Å². The minimum atomic E-state index is -1.33. The van der Waals surface area contributed by atoms with Crippen LogP contribution in [-0.2, 0) is 4.79 Å². The lowest BCUT2D eigenvalue weighted by atomic mass is 9.78. The molecule has 126 valence electrons. The Hall–Kier alpha value is -0.665. The summed E-state index contributed by atoms with van der Waals surface area (Å²) in [6.45, 7) is 2.91. The van der Waals surface area contributed by atoms with Gasteiger partial charge in [-0.05, 0) is 32.1 Å². The van der Waals surface area contributed by atoms with E-state index in [0.717, 1.165) is 19.5 Å². The van der Waals surface area contributed by atoms with Crippen LogP contribution in [0.25, 0.3) is 0 Å². The number of carboxylic acid groups (broad SMARTS) is 1. The van der Waals surface area contributed by atoms with Crippen LogP contribution in [0.4, 0.5) is 0 Å². The summed E-state index contributed by atoms with van der Waals surface area (Å²) in [5.74, 6) is -1.10. The van der Waals surface area contributed by atoms with Gasteiger partial charge in [0.1, 0.15) is 5.54 Å². The highest BCUT2D eigenvalue weighted by atomic mass is 16.4. The molecule has 0 aromatic rings. The zero-order valence-corrected chi connectivity index (χ0v) is 13.1. The van der Waals surface area contributed by atoms with Gasteiger partial charge in [-0.1, -0.05) is 12.8 Å². The third kappa shape index (κ3) is 4.42. The molecule has 7 nitrogen and oxygen atoms in total. The fourth-order valence-electron chi connectivity index (χ4n) is 3.71. The molecular formula is C14H28BN3O4. The summed E-state index contributed by atoms with van der Waals surface area (Å²) in [4.78, 5) is 13.8. The van der Waals surface area contributed by atoms with Crippen molar-refractivity contribution in [2.24, 2.45) is 11.7 Å². The van der Waals surface area contributed by atoms with E-state index >= 15 is 0 Å². The van der Waals surface area contributed by atoms with Gasteiger partial charge in [0.2, 0.25) is 0 Å². The highest BCUT2D eigenvalue weighted by molar-refractivity contribution is 6.40. The lowest BCUT2D eigenvalue weighted by Gasteiger charge is -2.28. The maximum atomic E-state index is 11.6. The van der Waals surface area contributed by atoms with Crippen LogP contribution >= 0.6 is 0 Å². The van der Waals surface area contributed by atoms with Crippen molar-refractivity contribution in [2.75, 3.05) is 26.2 Å². The van der Waals surface area contributed by atoms with E-state index in [1.54, 1.807) is 0 Å². The Bertz CT molecular complexity index is 379. The molecule has 0 amide bonds. The Kier molecular flexibility index (Phi) is 6.22. The molecule has 6 N–H and O–H groups in total. The molecule has 0 bridgehead atoms. The molecule has 0 aliphatic carbocycles. The number of hydrogen-bond acceptors (Lipinski definition) is 6. The van der Waals surface area contributed by atoms with Crippen molar-refractivity contribution < 1.29 is 19.9 Å². The normalized spacial score (nSPS) is 33.0. The zero-order valence-electron chi connectivity index (χ0n) is 13.1. The fourth-order valence-corrected chi connectivity index (χ4v) is 3.71. The molecule has 2 rings (SSSR count). The minimum Gasteiger partial charge on any atom is -0.480 e. The first-order valence-corrected chi connectivity index (χ1v) is 8.26. The van der Waals surface area contributed by atoms with Crippen LogP contribution in [0.5, 0.6) is 0 Å². The van der Waals surface area contributed by atoms with E-state index in [9.17, 15) is 9.90 Å².